The number of hydrogen-bond acceptors (Lipinski definition) is 9. The summed E-state index contributed by atoms with van der Waals surface area (Å²) in [5.74, 6) is -0.811. The van der Waals surface area contributed by atoms with Gasteiger partial charge >= 0.3 is 0 Å². The van der Waals surface area contributed by atoms with E-state index >= 15 is 0 Å². The van der Waals surface area contributed by atoms with Gasteiger partial charge in [0, 0.05) is 80.1 Å². The highest BCUT2D eigenvalue weighted by molar-refractivity contribution is 6.19. The Morgan fingerprint density at radius 2 is 1.88 bits per heavy atom. The van der Waals surface area contributed by atoms with E-state index in [2.05, 4.69) is 26.8 Å². The minimum Gasteiger partial charge on any atom is -0.494 e. The van der Waals surface area contributed by atoms with Crippen LogP contribution in [-0.4, -0.2) is 66.6 Å². The lowest BCUT2D eigenvalue weighted by molar-refractivity contribution is -0.129. The molecule has 0 aliphatic carbocycles. The van der Waals surface area contributed by atoms with Gasteiger partial charge in [0.25, 0.3) is 0 Å². The number of ether oxygens (including phenoxy) is 1. The van der Waals surface area contributed by atoms with Crippen molar-refractivity contribution in [3.8, 4) is 5.75 Å². The van der Waals surface area contributed by atoms with Crippen molar-refractivity contribution >= 4 is 40.4 Å². The van der Waals surface area contributed by atoms with Crippen molar-refractivity contribution in [2.75, 3.05) is 55.2 Å². The lowest BCUT2D eigenvalue weighted by Crippen LogP contribution is -2.48. The number of carbonyl (C=O) groups is 2. The monoisotopic (exact) mass is 579 g/mol. The summed E-state index contributed by atoms with van der Waals surface area (Å²) in [5.41, 5.74) is 7.71. The highest BCUT2D eigenvalue weighted by Crippen LogP contribution is 2.40. The van der Waals surface area contributed by atoms with Gasteiger partial charge < -0.3 is 25.6 Å². The molecule has 2 saturated heterocycles. The Balaban J connectivity index is 1.45. The van der Waals surface area contributed by atoms with Gasteiger partial charge in [-0.3, -0.25) is 14.4 Å². The molecule has 220 valence electrons. The van der Waals surface area contributed by atoms with E-state index in [1.54, 1.807) is 23.1 Å². The molecular weight excluding hydrogens is 548 g/mol. The van der Waals surface area contributed by atoms with Gasteiger partial charge in [0.05, 0.1) is 25.4 Å². The number of rotatable bonds is 8. The van der Waals surface area contributed by atoms with Crippen molar-refractivity contribution in [2.45, 2.75) is 19.4 Å². The number of piperazine rings is 1. The van der Waals surface area contributed by atoms with Crippen LogP contribution in [0.15, 0.2) is 49.3 Å². The number of halogens is 2. The third-order valence-electron chi connectivity index (χ3n) is 7.37. The standard InChI is InChI=1S/C29H31F2N7O4/c1-17(29(32)40)21-13-23(26(41-3)14-25(21)37-9-7-36(8-10-37)18(2)39)35-27-15-28(34-16-33-27)38-24(6-11-42-38)20-5-4-19(30)12-22(20)31/h4-5,12-16,24H,1,6-11H2,2-3H3,(H2,32,40)(H,33,34,35)/t24-/m1/s1. The van der Waals surface area contributed by atoms with Crippen LogP contribution in [0, 0.1) is 11.6 Å². The summed E-state index contributed by atoms with van der Waals surface area (Å²) in [5, 5.41) is 4.68. The summed E-state index contributed by atoms with van der Waals surface area (Å²) in [4.78, 5) is 42.2. The number of hydrogen-bond donors (Lipinski definition) is 2. The fourth-order valence-electron chi connectivity index (χ4n) is 5.16. The van der Waals surface area contributed by atoms with Gasteiger partial charge in [-0.1, -0.05) is 12.6 Å². The van der Waals surface area contributed by atoms with Crippen LogP contribution < -0.4 is 25.8 Å². The summed E-state index contributed by atoms with van der Waals surface area (Å²) in [6.45, 7) is 7.93. The Kier molecular flexibility index (Phi) is 8.20. The molecule has 3 N–H and O–H groups in total. The fourth-order valence-corrected chi connectivity index (χ4v) is 5.16. The Morgan fingerprint density at radius 1 is 1.12 bits per heavy atom. The van der Waals surface area contributed by atoms with Gasteiger partial charge in [-0.25, -0.2) is 23.8 Å². The maximum Gasteiger partial charge on any atom is 0.248 e. The smallest absolute Gasteiger partial charge is 0.248 e. The predicted octanol–water partition coefficient (Wildman–Crippen LogP) is 3.56. The molecule has 3 aromatic rings. The van der Waals surface area contributed by atoms with Crippen LogP contribution in [0.1, 0.15) is 30.5 Å². The van der Waals surface area contributed by atoms with Crippen molar-refractivity contribution in [3.05, 3.63) is 72.1 Å². The van der Waals surface area contributed by atoms with Crippen LogP contribution in [0.2, 0.25) is 0 Å². The van der Waals surface area contributed by atoms with Crippen molar-refractivity contribution in [1.29, 1.82) is 0 Å². The molecule has 5 rings (SSSR count). The number of anilines is 4. The van der Waals surface area contributed by atoms with Crippen molar-refractivity contribution < 1.29 is 27.9 Å². The molecule has 0 radical (unpaired) electrons. The van der Waals surface area contributed by atoms with E-state index in [1.807, 2.05) is 0 Å². The molecule has 2 aliphatic heterocycles. The zero-order chi connectivity index (χ0) is 30.0. The topological polar surface area (TPSA) is 126 Å². The van der Waals surface area contributed by atoms with E-state index < -0.39 is 23.6 Å². The van der Waals surface area contributed by atoms with Gasteiger partial charge in [-0.2, -0.15) is 0 Å². The first-order valence-electron chi connectivity index (χ1n) is 13.3. The third kappa shape index (κ3) is 5.81. The number of primary amides is 1. The highest BCUT2D eigenvalue weighted by Gasteiger charge is 2.31. The van der Waals surface area contributed by atoms with Crippen LogP contribution in [0.3, 0.4) is 0 Å². The Hall–Kier alpha value is -4.78. The molecule has 3 heterocycles. The predicted molar refractivity (Wildman–Crippen MR) is 153 cm³/mol. The van der Waals surface area contributed by atoms with E-state index in [-0.39, 0.29) is 17.0 Å². The number of aromatic nitrogens is 2. The number of nitrogens with two attached hydrogens (primary N) is 1. The molecule has 1 aromatic heterocycles. The number of carbonyl (C=O) groups excluding carboxylic acids is 2. The fraction of sp³-hybridized carbons (Fsp3) is 0.310. The van der Waals surface area contributed by atoms with E-state index in [0.29, 0.717) is 73.5 Å². The van der Waals surface area contributed by atoms with Gasteiger partial charge in [-0.05, 0) is 12.1 Å². The molecule has 1 atom stereocenters. The quantitative estimate of drug-likeness (QED) is 0.385. The van der Waals surface area contributed by atoms with Gasteiger partial charge in [0.1, 0.15) is 29.5 Å². The highest BCUT2D eigenvalue weighted by atomic mass is 19.1. The lowest BCUT2D eigenvalue weighted by Gasteiger charge is -2.37. The summed E-state index contributed by atoms with van der Waals surface area (Å²) >= 11 is 0. The molecule has 2 amide bonds. The van der Waals surface area contributed by atoms with Crippen molar-refractivity contribution in [3.63, 3.8) is 0 Å². The lowest BCUT2D eigenvalue weighted by atomic mass is 10.0. The van der Waals surface area contributed by atoms with Gasteiger partial charge in [-0.15, -0.1) is 0 Å². The van der Waals surface area contributed by atoms with Crippen LogP contribution in [0.4, 0.5) is 31.8 Å². The maximum absolute atomic E-state index is 14.6. The van der Waals surface area contributed by atoms with Gasteiger partial charge in [0.15, 0.2) is 5.82 Å². The zero-order valence-electron chi connectivity index (χ0n) is 23.3. The second-order valence-electron chi connectivity index (χ2n) is 9.92. The molecule has 42 heavy (non-hydrogen) atoms. The first-order valence-corrected chi connectivity index (χ1v) is 13.3. The van der Waals surface area contributed by atoms with Crippen molar-refractivity contribution in [1.82, 2.24) is 14.9 Å². The van der Waals surface area contributed by atoms with E-state index in [9.17, 15) is 18.4 Å². The number of methoxy groups -OCH3 is 1. The minimum atomic E-state index is -0.677. The van der Waals surface area contributed by atoms with E-state index in [4.69, 9.17) is 15.3 Å². The number of amides is 2. The first kappa shape index (κ1) is 28.7. The molecule has 13 heteroatoms. The first-order chi connectivity index (χ1) is 20.2. The molecule has 2 fully saturated rings. The molecule has 0 bridgehead atoms. The number of nitrogens with zero attached hydrogens (tertiary/aromatic N) is 5. The SMILES string of the molecule is C=C(C(N)=O)c1cc(Nc2cc(N3OCC[C@@H]3c3ccc(F)cc3F)ncn2)c(OC)cc1N1CCN(C(C)=O)CC1. The summed E-state index contributed by atoms with van der Waals surface area (Å²) < 4.78 is 33.8. The molecular formula is C29H31F2N7O4. The maximum atomic E-state index is 14.6. The largest absolute Gasteiger partial charge is 0.494 e. The van der Waals surface area contributed by atoms with E-state index in [1.165, 1.54) is 37.6 Å². The minimum absolute atomic E-state index is 0.00576. The number of nitrogens with one attached hydrogen (secondary N) is 1. The molecule has 2 aromatic carbocycles. The summed E-state index contributed by atoms with van der Waals surface area (Å²) in [6.07, 6.45) is 1.81. The Morgan fingerprint density at radius 3 is 2.55 bits per heavy atom. The number of benzene rings is 2. The van der Waals surface area contributed by atoms with Crippen LogP contribution in [0.25, 0.3) is 5.57 Å². The molecule has 2 aliphatic rings. The van der Waals surface area contributed by atoms with Crippen LogP contribution in [-0.2, 0) is 14.4 Å². The number of hydroxylamine groups is 1. The molecule has 0 unspecified atom stereocenters. The molecule has 0 spiro atoms. The normalized spacial score (nSPS) is 16.9. The average Bonchev–Trinajstić information content (AvgIpc) is 3.46. The van der Waals surface area contributed by atoms with Crippen molar-refractivity contribution in [2.24, 2.45) is 5.73 Å². The Bertz CT molecular complexity index is 1530. The molecule has 0 saturated carbocycles. The second kappa shape index (κ2) is 12.0. The van der Waals surface area contributed by atoms with Crippen LogP contribution in [0.5, 0.6) is 5.75 Å². The Labute approximate surface area is 241 Å². The second-order valence-corrected chi connectivity index (χ2v) is 9.92. The van der Waals surface area contributed by atoms with Gasteiger partial charge in [0.2, 0.25) is 11.8 Å². The van der Waals surface area contributed by atoms with E-state index in [0.717, 1.165) is 6.07 Å². The third-order valence-corrected chi connectivity index (χ3v) is 7.37. The zero-order valence-corrected chi connectivity index (χ0v) is 23.3. The summed E-state index contributed by atoms with van der Waals surface area (Å²) in [6, 6.07) is 8.05. The average molecular weight is 580 g/mol. The summed E-state index contributed by atoms with van der Waals surface area (Å²) in [7, 11) is 1.52. The van der Waals surface area contributed by atoms with Crippen LogP contribution >= 0.6 is 0 Å². The molecule has 11 nitrogen and oxygen atoms in total.